The Hall–Kier alpha value is -1.88. The Morgan fingerprint density at radius 2 is 2.10 bits per heavy atom. The Morgan fingerprint density at radius 1 is 1.35 bits per heavy atom. The van der Waals surface area contributed by atoms with Gasteiger partial charge in [-0.2, -0.15) is 0 Å². The number of carbonyl (C=O) groups is 2. The molecule has 0 aliphatic carbocycles. The lowest BCUT2D eigenvalue weighted by Crippen LogP contribution is -2.42. The molecule has 0 saturated carbocycles. The summed E-state index contributed by atoms with van der Waals surface area (Å²) < 4.78 is 10.4. The fraction of sp³-hybridized carbons (Fsp3) is 0.467. The van der Waals surface area contributed by atoms with Crippen molar-refractivity contribution in [3.05, 3.63) is 34.9 Å². The molecule has 0 bridgehead atoms. The summed E-state index contributed by atoms with van der Waals surface area (Å²) in [7, 11) is 0. The van der Waals surface area contributed by atoms with E-state index in [1.165, 1.54) is 12.5 Å². The van der Waals surface area contributed by atoms with Gasteiger partial charge in [-0.25, -0.2) is 4.79 Å². The molecule has 1 heterocycles. The summed E-state index contributed by atoms with van der Waals surface area (Å²) in [5, 5.41) is 2.64. The molecule has 2 rings (SSSR count). The first-order chi connectivity index (χ1) is 9.60. The minimum absolute atomic E-state index is 0.243. The van der Waals surface area contributed by atoms with Gasteiger partial charge in [-0.05, 0) is 23.6 Å². The number of nitrogens with one attached hydrogen (secondary N) is 1. The molecule has 20 heavy (non-hydrogen) atoms. The lowest BCUT2D eigenvalue weighted by atomic mass is 10.0. The van der Waals surface area contributed by atoms with Crippen molar-refractivity contribution in [3.8, 4) is 0 Å². The summed E-state index contributed by atoms with van der Waals surface area (Å²) in [4.78, 5) is 23.1. The van der Waals surface area contributed by atoms with E-state index in [9.17, 15) is 9.59 Å². The molecule has 5 nitrogen and oxygen atoms in total. The third-order valence-electron chi connectivity index (χ3n) is 3.17. The second-order valence-electron chi connectivity index (χ2n) is 4.81. The van der Waals surface area contributed by atoms with E-state index in [1.54, 1.807) is 6.92 Å². The minimum Gasteiger partial charge on any atom is -0.464 e. The monoisotopic (exact) mass is 277 g/mol. The fourth-order valence-corrected chi connectivity index (χ4v) is 2.27. The van der Waals surface area contributed by atoms with Gasteiger partial charge in [0.05, 0.1) is 19.8 Å². The number of esters is 1. The van der Waals surface area contributed by atoms with Crippen molar-refractivity contribution in [2.45, 2.75) is 39.5 Å². The van der Waals surface area contributed by atoms with Crippen LogP contribution >= 0.6 is 0 Å². The quantitative estimate of drug-likeness (QED) is 0.825. The topological polar surface area (TPSA) is 64.6 Å². The van der Waals surface area contributed by atoms with Crippen molar-refractivity contribution in [2.24, 2.45) is 0 Å². The molecule has 1 atom stereocenters. The van der Waals surface area contributed by atoms with Crippen LogP contribution in [-0.2, 0) is 38.7 Å². The van der Waals surface area contributed by atoms with Crippen LogP contribution in [0.25, 0.3) is 0 Å². The van der Waals surface area contributed by atoms with Crippen molar-refractivity contribution in [1.82, 2.24) is 5.32 Å². The Morgan fingerprint density at radius 3 is 2.80 bits per heavy atom. The van der Waals surface area contributed by atoms with E-state index in [2.05, 4.69) is 5.32 Å². The van der Waals surface area contributed by atoms with E-state index in [4.69, 9.17) is 9.47 Å². The molecule has 0 aromatic heterocycles. The first-order valence-electron chi connectivity index (χ1n) is 6.72. The van der Waals surface area contributed by atoms with Crippen LogP contribution in [0.4, 0.5) is 0 Å². The number of carbonyl (C=O) groups excluding carboxylic acids is 2. The number of hydrogen-bond donors (Lipinski definition) is 1. The third-order valence-corrected chi connectivity index (χ3v) is 3.17. The lowest BCUT2D eigenvalue weighted by Gasteiger charge is -2.16. The largest absolute Gasteiger partial charge is 0.464 e. The van der Waals surface area contributed by atoms with E-state index in [-0.39, 0.29) is 5.91 Å². The molecule has 1 aromatic carbocycles. The average molecular weight is 277 g/mol. The van der Waals surface area contributed by atoms with Crippen LogP contribution in [0.5, 0.6) is 0 Å². The van der Waals surface area contributed by atoms with E-state index >= 15 is 0 Å². The second kappa shape index (κ2) is 6.52. The molecular weight excluding hydrogens is 258 g/mol. The van der Waals surface area contributed by atoms with Gasteiger partial charge < -0.3 is 14.8 Å². The third kappa shape index (κ3) is 3.57. The number of ether oxygens (including phenoxy) is 2. The van der Waals surface area contributed by atoms with Crippen molar-refractivity contribution in [1.29, 1.82) is 0 Å². The highest BCUT2D eigenvalue weighted by molar-refractivity contribution is 5.83. The molecule has 1 N–H and O–H groups in total. The summed E-state index contributed by atoms with van der Waals surface area (Å²) in [5.74, 6) is -0.646. The van der Waals surface area contributed by atoms with Crippen LogP contribution < -0.4 is 5.32 Å². The van der Waals surface area contributed by atoms with Crippen LogP contribution in [0.3, 0.4) is 0 Å². The van der Waals surface area contributed by atoms with Gasteiger partial charge in [0.2, 0.25) is 5.91 Å². The molecule has 1 amide bonds. The number of benzene rings is 1. The fourth-order valence-electron chi connectivity index (χ4n) is 2.27. The molecule has 108 valence electrons. The molecule has 1 unspecified atom stereocenters. The molecule has 1 aromatic rings. The molecule has 0 radical (unpaired) electrons. The van der Waals surface area contributed by atoms with Crippen LogP contribution in [0.2, 0.25) is 0 Å². The Kier molecular flexibility index (Phi) is 4.74. The lowest BCUT2D eigenvalue weighted by molar-refractivity contribution is -0.147. The summed E-state index contributed by atoms with van der Waals surface area (Å²) in [6, 6.07) is 5.35. The van der Waals surface area contributed by atoms with Crippen molar-refractivity contribution < 1.29 is 19.1 Å². The Bertz CT molecular complexity index is 513. The van der Waals surface area contributed by atoms with Gasteiger partial charge in [-0.3, -0.25) is 4.79 Å². The zero-order chi connectivity index (χ0) is 14.5. The highest BCUT2D eigenvalue weighted by atomic mass is 16.5. The number of amides is 1. The van der Waals surface area contributed by atoms with Crippen LogP contribution in [0, 0.1) is 0 Å². The number of rotatable bonds is 5. The zero-order valence-corrected chi connectivity index (χ0v) is 11.8. The van der Waals surface area contributed by atoms with Crippen molar-refractivity contribution >= 4 is 11.9 Å². The first-order valence-corrected chi connectivity index (χ1v) is 6.72. The standard InChI is InChI=1S/C15H19NO4/c1-3-20-15(18)14(16-10(2)17)7-11-4-5-12-8-19-9-13(12)6-11/h4-6,14H,3,7-9H2,1-2H3,(H,16,17). The predicted molar refractivity (Wildman–Crippen MR) is 72.9 cm³/mol. The predicted octanol–water partition coefficient (Wildman–Crippen LogP) is 1.33. The Labute approximate surface area is 118 Å². The van der Waals surface area contributed by atoms with E-state index < -0.39 is 12.0 Å². The van der Waals surface area contributed by atoms with Crippen molar-refractivity contribution in [2.75, 3.05) is 6.61 Å². The minimum atomic E-state index is -0.646. The zero-order valence-electron chi connectivity index (χ0n) is 11.8. The number of hydrogen-bond acceptors (Lipinski definition) is 4. The first kappa shape index (κ1) is 14.5. The average Bonchev–Trinajstić information content (AvgIpc) is 2.85. The van der Waals surface area contributed by atoms with Crippen molar-refractivity contribution in [3.63, 3.8) is 0 Å². The smallest absolute Gasteiger partial charge is 0.328 e. The van der Waals surface area contributed by atoms with E-state index in [0.717, 1.165) is 11.1 Å². The molecule has 5 heteroatoms. The summed E-state index contributed by atoms with van der Waals surface area (Å²) in [6.45, 7) is 4.68. The maximum absolute atomic E-state index is 11.9. The maximum atomic E-state index is 11.9. The Balaban J connectivity index is 2.10. The van der Waals surface area contributed by atoms with Crippen LogP contribution in [0.1, 0.15) is 30.5 Å². The van der Waals surface area contributed by atoms with Gasteiger partial charge in [0.25, 0.3) is 0 Å². The molecule has 1 aliphatic heterocycles. The van der Waals surface area contributed by atoms with Gasteiger partial charge in [0.1, 0.15) is 6.04 Å². The van der Waals surface area contributed by atoms with Gasteiger partial charge in [-0.15, -0.1) is 0 Å². The molecule has 0 saturated heterocycles. The van der Waals surface area contributed by atoms with Crippen LogP contribution in [-0.4, -0.2) is 24.5 Å². The highest BCUT2D eigenvalue weighted by Crippen LogP contribution is 2.21. The summed E-state index contributed by atoms with van der Waals surface area (Å²) in [6.07, 6.45) is 0.422. The normalized spacial score (nSPS) is 14.5. The molecular formula is C15H19NO4. The van der Waals surface area contributed by atoms with Gasteiger partial charge in [0.15, 0.2) is 0 Å². The highest BCUT2D eigenvalue weighted by Gasteiger charge is 2.22. The SMILES string of the molecule is CCOC(=O)C(Cc1ccc2c(c1)COC2)NC(C)=O. The van der Waals surface area contributed by atoms with Gasteiger partial charge in [-0.1, -0.05) is 18.2 Å². The van der Waals surface area contributed by atoms with Crippen LogP contribution in [0.15, 0.2) is 18.2 Å². The molecule has 0 fully saturated rings. The van der Waals surface area contributed by atoms with Gasteiger partial charge in [0, 0.05) is 13.3 Å². The second-order valence-corrected chi connectivity index (χ2v) is 4.81. The van der Waals surface area contributed by atoms with E-state index in [1.807, 2.05) is 18.2 Å². The summed E-state index contributed by atoms with van der Waals surface area (Å²) in [5.41, 5.74) is 3.31. The maximum Gasteiger partial charge on any atom is 0.328 e. The van der Waals surface area contributed by atoms with Gasteiger partial charge >= 0.3 is 5.97 Å². The molecule has 0 spiro atoms. The number of fused-ring (bicyclic) bond motifs is 1. The van der Waals surface area contributed by atoms with E-state index in [0.29, 0.717) is 26.2 Å². The summed E-state index contributed by atoms with van der Waals surface area (Å²) >= 11 is 0. The molecule has 1 aliphatic rings.